The predicted molar refractivity (Wildman–Crippen MR) is 98.6 cm³/mol. The Labute approximate surface area is 145 Å². The van der Waals surface area contributed by atoms with E-state index in [4.69, 9.17) is 4.74 Å². The number of rotatable bonds is 10. The van der Waals surface area contributed by atoms with Crippen LogP contribution in [-0.4, -0.2) is 37.4 Å². The molecular formula is C21H27NO2. The zero-order chi connectivity index (χ0) is 17.2. The minimum atomic E-state index is 0.244. The average Bonchev–Trinajstić information content (AvgIpc) is 2.59. The third-order valence-electron chi connectivity index (χ3n) is 3.97. The molecule has 0 fully saturated rings. The molecular weight excluding hydrogens is 298 g/mol. The first-order valence-electron chi connectivity index (χ1n) is 8.57. The molecule has 0 aliphatic carbocycles. The number of carbonyl (C=O) groups excluding carboxylic acids is 1. The lowest BCUT2D eigenvalue weighted by Gasteiger charge is -2.15. The number of nitrogens with zero attached hydrogens (tertiary/aromatic N) is 1. The van der Waals surface area contributed by atoms with Crippen LogP contribution in [0.1, 0.15) is 30.9 Å². The van der Waals surface area contributed by atoms with Crippen molar-refractivity contribution in [1.82, 2.24) is 4.90 Å². The second kappa shape index (κ2) is 9.89. The summed E-state index contributed by atoms with van der Waals surface area (Å²) in [7, 11) is 2.04. The largest absolute Gasteiger partial charge is 0.494 e. The Hall–Kier alpha value is -2.13. The molecule has 0 radical (unpaired) electrons. The van der Waals surface area contributed by atoms with Gasteiger partial charge in [0.2, 0.25) is 0 Å². The monoisotopic (exact) mass is 325 g/mol. The van der Waals surface area contributed by atoms with Crippen LogP contribution in [-0.2, 0) is 11.2 Å². The summed E-state index contributed by atoms with van der Waals surface area (Å²) < 4.78 is 5.79. The van der Waals surface area contributed by atoms with Crippen LogP contribution in [0.4, 0.5) is 0 Å². The van der Waals surface area contributed by atoms with Gasteiger partial charge in [0.15, 0.2) is 0 Å². The van der Waals surface area contributed by atoms with Crippen LogP contribution in [0.3, 0.4) is 0 Å². The quantitative estimate of drug-likeness (QED) is 0.619. The lowest BCUT2D eigenvalue weighted by molar-refractivity contribution is -0.117. The number of Topliss-reactive ketones (excluding diaryl/α,β-unsaturated/α-hetero) is 1. The van der Waals surface area contributed by atoms with E-state index in [-0.39, 0.29) is 5.78 Å². The smallest absolute Gasteiger partial charge is 0.131 e. The summed E-state index contributed by atoms with van der Waals surface area (Å²) in [6, 6.07) is 18.8. The van der Waals surface area contributed by atoms with Gasteiger partial charge in [0.05, 0.1) is 6.61 Å². The van der Waals surface area contributed by atoms with Crippen molar-refractivity contribution in [2.24, 2.45) is 0 Å². The van der Waals surface area contributed by atoms with E-state index >= 15 is 0 Å². The Bertz CT molecular complexity index is 607. The average molecular weight is 325 g/mol. The third-order valence-corrected chi connectivity index (χ3v) is 3.97. The number of ketones is 1. The van der Waals surface area contributed by atoms with Gasteiger partial charge >= 0.3 is 0 Å². The molecule has 24 heavy (non-hydrogen) atoms. The fraction of sp³-hybridized carbons (Fsp3) is 0.381. The second-order valence-corrected chi connectivity index (χ2v) is 6.26. The van der Waals surface area contributed by atoms with Crippen molar-refractivity contribution in [1.29, 1.82) is 0 Å². The Balaban J connectivity index is 1.67. The van der Waals surface area contributed by atoms with Crippen LogP contribution < -0.4 is 4.74 Å². The SMILES string of the molecule is CC(=O)CCN(C)CCCOc1ccc(Cc2ccccc2)cc1. The van der Waals surface area contributed by atoms with Crippen LogP contribution in [0.25, 0.3) is 0 Å². The first-order chi connectivity index (χ1) is 11.6. The summed E-state index contributed by atoms with van der Waals surface area (Å²) >= 11 is 0. The van der Waals surface area contributed by atoms with Gasteiger partial charge in [-0.2, -0.15) is 0 Å². The summed E-state index contributed by atoms with van der Waals surface area (Å²) in [4.78, 5) is 13.1. The van der Waals surface area contributed by atoms with Crippen LogP contribution in [0, 0.1) is 0 Å². The van der Waals surface area contributed by atoms with E-state index in [9.17, 15) is 4.79 Å². The molecule has 0 bridgehead atoms. The van der Waals surface area contributed by atoms with Gasteiger partial charge in [0.1, 0.15) is 11.5 Å². The fourth-order valence-electron chi connectivity index (χ4n) is 2.52. The van der Waals surface area contributed by atoms with Gasteiger partial charge in [0.25, 0.3) is 0 Å². The van der Waals surface area contributed by atoms with E-state index in [1.165, 1.54) is 11.1 Å². The topological polar surface area (TPSA) is 29.5 Å². The Morgan fingerprint density at radius 2 is 1.62 bits per heavy atom. The highest BCUT2D eigenvalue weighted by Gasteiger charge is 2.01. The molecule has 0 aliphatic rings. The molecule has 0 aromatic heterocycles. The maximum atomic E-state index is 11.0. The summed E-state index contributed by atoms with van der Waals surface area (Å²) in [6.07, 6.45) is 2.53. The second-order valence-electron chi connectivity index (χ2n) is 6.26. The van der Waals surface area contributed by atoms with Crippen molar-refractivity contribution in [3.63, 3.8) is 0 Å². The fourth-order valence-corrected chi connectivity index (χ4v) is 2.52. The maximum Gasteiger partial charge on any atom is 0.131 e. The Morgan fingerprint density at radius 1 is 0.958 bits per heavy atom. The predicted octanol–water partition coefficient (Wildman–Crippen LogP) is 3.96. The highest BCUT2D eigenvalue weighted by molar-refractivity contribution is 5.75. The number of benzene rings is 2. The van der Waals surface area contributed by atoms with E-state index in [0.29, 0.717) is 13.0 Å². The van der Waals surface area contributed by atoms with Crippen molar-refractivity contribution < 1.29 is 9.53 Å². The molecule has 0 saturated heterocycles. The van der Waals surface area contributed by atoms with Crippen molar-refractivity contribution >= 4 is 5.78 Å². The number of hydrogen-bond acceptors (Lipinski definition) is 3. The number of carbonyl (C=O) groups is 1. The molecule has 128 valence electrons. The van der Waals surface area contributed by atoms with E-state index in [2.05, 4.69) is 41.3 Å². The van der Waals surface area contributed by atoms with Crippen molar-refractivity contribution in [2.75, 3.05) is 26.7 Å². The van der Waals surface area contributed by atoms with Crippen LogP contribution >= 0.6 is 0 Å². The lowest BCUT2D eigenvalue weighted by atomic mass is 10.1. The molecule has 0 spiro atoms. The van der Waals surface area contributed by atoms with Crippen LogP contribution in [0.5, 0.6) is 5.75 Å². The number of ether oxygens (including phenoxy) is 1. The van der Waals surface area contributed by atoms with Gasteiger partial charge in [-0.25, -0.2) is 0 Å². The first-order valence-corrected chi connectivity index (χ1v) is 8.57. The van der Waals surface area contributed by atoms with Gasteiger partial charge in [-0.15, -0.1) is 0 Å². The highest BCUT2D eigenvalue weighted by Crippen LogP contribution is 2.15. The molecule has 0 unspecified atom stereocenters. The Morgan fingerprint density at radius 3 is 2.29 bits per heavy atom. The normalized spacial score (nSPS) is 10.8. The minimum absolute atomic E-state index is 0.244. The molecule has 0 heterocycles. The van der Waals surface area contributed by atoms with Gasteiger partial charge in [-0.3, -0.25) is 4.79 Å². The zero-order valence-electron chi connectivity index (χ0n) is 14.7. The van der Waals surface area contributed by atoms with Crippen molar-refractivity contribution in [3.05, 3.63) is 65.7 Å². The first kappa shape index (κ1) is 18.2. The maximum absolute atomic E-state index is 11.0. The van der Waals surface area contributed by atoms with Crippen LogP contribution in [0.2, 0.25) is 0 Å². The summed E-state index contributed by atoms with van der Waals surface area (Å²) in [5.74, 6) is 1.16. The molecule has 3 nitrogen and oxygen atoms in total. The standard InChI is InChI=1S/C21H27NO2/c1-18(23)13-15-22(2)14-6-16-24-21-11-9-20(10-12-21)17-19-7-4-3-5-8-19/h3-5,7-12H,6,13-17H2,1-2H3. The summed E-state index contributed by atoms with van der Waals surface area (Å²) in [5, 5.41) is 0. The van der Waals surface area contributed by atoms with Crippen molar-refractivity contribution in [2.45, 2.75) is 26.2 Å². The summed E-state index contributed by atoms with van der Waals surface area (Å²) in [6.45, 7) is 4.10. The summed E-state index contributed by atoms with van der Waals surface area (Å²) in [5.41, 5.74) is 2.61. The van der Waals surface area contributed by atoms with Gasteiger partial charge in [-0.1, -0.05) is 42.5 Å². The van der Waals surface area contributed by atoms with E-state index < -0.39 is 0 Å². The van der Waals surface area contributed by atoms with E-state index in [0.717, 1.165) is 31.7 Å². The minimum Gasteiger partial charge on any atom is -0.494 e. The van der Waals surface area contributed by atoms with E-state index in [1.54, 1.807) is 6.92 Å². The van der Waals surface area contributed by atoms with E-state index in [1.807, 2.05) is 25.2 Å². The van der Waals surface area contributed by atoms with Gasteiger partial charge in [-0.05, 0) is 50.1 Å². The zero-order valence-corrected chi connectivity index (χ0v) is 14.7. The molecule has 0 aliphatic heterocycles. The third kappa shape index (κ3) is 6.97. The number of hydrogen-bond donors (Lipinski definition) is 0. The molecule has 0 amide bonds. The molecule has 2 rings (SSSR count). The molecule has 0 saturated carbocycles. The lowest BCUT2D eigenvalue weighted by Crippen LogP contribution is -2.23. The molecule has 0 N–H and O–H groups in total. The van der Waals surface area contributed by atoms with Gasteiger partial charge in [0, 0.05) is 19.5 Å². The van der Waals surface area contributed by atoms with Crippen molar-refractivity contribution in [3.8, 4) is 5.75 Å². The Kier molecular flexibility index (Phi) is 7.50. The highest BCUT2D eigenvalue weighted by atomic mass is 16.5. The van der Waals surface area contributed by atoms with Gasteiger partial charge < -0.3 is 9.64 Å². The molecule has 2 aromatic rings. The van der Waals surface area contributed by atoms with Crippen LogP contribution in [0.15, 0.2) is 54.6 Å². The molecule has 2 aromatic carbocycles. The molecule has 0 atom stereocenters. The molecule has 3 heteroatoms.